The van der Waals surface area contributed by atoms with Crippen molar-refractivity contribution in [1.29, 1.82) is 0 Å². The monoisotopic (exact) mass is 364 g/mol. The minimum absolute atomic E-state index is 0.234. The largest absolute Gasteiger partial charge is 0.497 e. The Hall–Kier alpha value is -3.61. The zero-order chi connectivity index (χ0) is 19.1. The van der Waals surface area contributed by atoms with Crippen molar-refractivity contribution < 1.29 is 14.3 Å². The van der Waals surface area contributed by atoms with Crippen molar-refractivity contribution in [3.8, 4) is 11.5 Å². The summed E-state index contributed by atoms with van der Waals surface area (Å²) in [5.41, 5.74) is 2.19. The van der Waals surface area contributed by atoms with Crippen LogP contribution in [0.4, 0.5) is 11.6 Å². The number of nitrogens with zero attached hydrogens (tertiary/aromatic N) is 2. The lowest BCUT2D eigenvalue weighted by Crippen LogP contribution is -2.23. The molecule has 138 valence electrons. The lowest BCUT2D eigenvalue weighted by Gasteiger charge is -2.08. The number of carbonyl (C=O) groups excluding carboxylic acids is 1. The van der Waals surface area contributed by atoms with Crippen molar-refractivity contribution in [2.75, 3.05) is 19.5 Å². The fourth-order valence-corrected chi connectivity index (χ4v) is 2.34. The molecular formula is C20H20N4O3. The molecular weight excluding hydrogens is 344 g/mol. The van der Waals surface area contributed by atoms with Crippen LogP contribution in [0.15, 0.2) is 60.9 Å². The van der Waals surface area contributed by atoms with Gasteiger partial charge in [-0.05, 0) is 42.0 Å². The second-order valence-corrected chi connectivity index (χ2v) is 5.68. The maximum atomic E-state index is 12.2. The van der Waals surface area contributed by atoms with E-state index < -0.39 is 0 Å². The van der Waals surface area contributed by atoms with E-state index in [2.05, 4.69) is 20.6 Å². The number of benzene rings is 2. The normalized spacial score (nSPS) is 10.1. The maximum Gasteiger partial charge on any atom is 0.254 e. The standard InChI is InChI=1S/C20H20N4O3/c1-26-17-7-3-14(4-8-17)11-21-19(25)15-12-22-20(23-13-15)24-16-5-9-18(27-2)10-6-16/h3-10,12-13H,11H2,1-2H3,(H,21,25)(H,22,23,24). The third kappa shape index (κ3) is 4.94. The summed E-state index contributed by atoms with van der Waals surface area (Å²) in [4.78, 5) is 20.6. The van der Waals surface area contributed by atoms with Crippen LogP contribution in [-0.2, 0) is 6.54 Å². The van der Waals surface area contributed by atoms with Crippen LogP contribution in [0.3, 0.4) is 0 Å². The molecule has 0 aliphatic carbocycles. The summed E-state index contributed by atoms with van der Waals surface area (Å²) in [6, 6.07) is 14.9. The van der Waals surface area contributed by atoms with Gasteiger partial charge >= 0.3 is 0 Å². The molecule has 0 fully saturated rings. The third-order valence-electron chi connectivity index (χ3n) is 3.87. The van der Waals surface area contributed by atoms with E-state index in [-0.39, 0.29) is 5.91 Å². The van der Waals surface area contributed by atoms with Crippen LogP contribution in [0.5, 0.6) is 11.5 Å². The van der Waals surface area contributed by atoms with Crippen LogP contribution in [-0.4, -0.2) is 30.1 Å². The molecule has 1 amide bonds. The average molecular weight is 364 g/mol. The van der Waals surface area contributed by atoms with Crippen LogP contribution in [0.2, 0.25) is 0 Å². The quantitative estimate of drug-likeness (QED) is 0.670. The van der Waals surface area contributed by atoms with Crippen molar-refractivity contribution >= 4 is 17.5 Å². The Balaban J connectivity index is 1.55. The summed E-state index contributed by atoms with van der Waals surface area (Å²) >= 11 is 0. The van der Waals surface area contributed by atoms with Crippen LogP contribution in [0.1, 0.15) is 15.9 Å². The van der Waals surface area contributed by atoms with Gasteiger partial charge in [-0.2, -0.15) is 0 Å². The summed E-state index contributed by atoms with van der Waals surface area (Å²) in [5.74, 6) is 1.72. The van der Waals surface area contributed by atoms with Gasteiger partial charge in [-0.25, -0.2) is 9.97 Å². The number of hydrogen-bond donors (Lipinski definition) is 2. The number of carbonyl (C=O) groups is 1. The number of ether oxygens (including phenoxy) is 2. The highest BCUT2D eigenvalue weighted by molar-refractivity contribution is 5.93. The summed E-state index contributed by atoms with van der Waals surface area (Å²) in [6.07, 6.45) is 2.98. The van der Waals surface area contributed by atoms with Gasteiger partial charge in [-0.15, -0.1) is 0 Å². The molecule has 3 rings (SSSR count). The van der Waals surface area contributed by atoms with Gasteiger partial charge in [0.1, 0.15) is 11.5 Å². The number of hydrogen-bond acceptors (Lipinski definition) is 6. The van der Waals surface area contributed by atoms with Crippen molar-refractivity contribution in [3.63, 3.8) is 0 Å². The highest BCUT2D eigenvalue weighted by atomic mass is 16.5. The van der Waals surface area contributed by atoms with E-state index in [0.29, 0.717) is 18.1 Å². The molecule has 0 aliphatic rings. The summed E-state index contributed by atoms with van der Waals surface area (Å²) < 4.78 is 10.2. The van der Waals surface area contributed by atoms with Gasteiger partial charge in [0.05, 0.1) is 19.8 Å². The molecule has 0 radical (unpaired) electrons. The molecule has 27 heavy (non-hydrogen) atoms. The first kappa shape index (κ1) is 18.2. The van der Waals surface area contributed by atoms with Crippen LogP contribution in [0.25, 0.3) is 0 Å². The second kappa shape index (κ2) is 8.66. The number of rotatable bonds is 7. The molecule has 0 spiro atoms. The summed E-state index contributed by atoms with van der Waals surface area (Å²) in [5, 5.41) is 5.91. The minimum atomic E-state index is -0.234. The molecule has 1 aromatic heterocycles. The number of methoxy groups -OCH3 is 2. The first-order valence-corrected chi connectivity index (χ1v) is 8.32. The molecule has 2 N–H and O–H groups in total. The van der Waals surface area contributed by atoms with Gasteiger partial charge in [0.25, 0.3) is 5.91 Å². The summed E-state index contributed by atoms with van der Waals surface area (Å²) in [7, 11) is 3.23. The van der Waals surface area contributed by atoms with E-state index in [4.69, 9.17) is 9.47 Å². The molecule has 7 heteroatoms. The van der Waals surface area contributed by atoms with Crippen LogP contribution >= 0.6 is 0 Å². The van der Waals surface area contributed by atoms with E-state index >= 15 is 0 Å². The average Bonchev–Trinajstić information content (AvgIpc) is 2.73. The molecule has 2 aromatic carbocycles. The van der Waals surface area contributed by atoms with Crippen LogP contribution < -0.4 is 20.1 Å². The third-order valence-corrected chi connectivity index (χ3v) is 3.87. The molecule has 0 saturated heterocycles. The Bertz CT molecular complexity index is 879. The Labute approximate surface area is 157 Å². The zero-order valence-electron chi connectivity index (χ0n) is 15.1. The van der Waals surface area contributed by atoms with Crippen molar-refractivity contribution in [2.45, 2.75) is 6.54 Å². The van der Waals surface area contributed by atoms with Gasteiger partial charge in [-0.3, -0.25) is 4.79 Å². The van der Waals surface area contributed by atoms with Gasteiger partial charge in [0, 0.05) is 24.6 Å². The van der Waals surface area contributed by atoms with E-state index in [1.807, 2.05) is 48.5 Å². The van der Waals surface area contributed by atoms with E-state index in [9.17, 15) is 4.79 Å². The van der Waals surface area contributed by atoms with E-state index in [0.717, 1.165) is 22.7 Å². The summed E-state index contributed by atoms with van der Waals surface area (Å²) in [6.45, 7) is 0.411. The number of nitrogens with one attached hydrogen (secondary N) is 2. The fraction of sp³-hybridized carbons (Fsp3) is 0.150. The van der Waals surface area contributed by atoms with Gasteiger partial charge in [0.15, 0.2) is 0 Å². The fourth-order valence-electron chi connectivity index (χ4n) is 2.34. The highest BCUT2D eigenvalue weighted by Gasteiger charge is 2.07. The number of aromatic nitrogens is 2. The van der Waals surface area contributed by atoms with Crippen molar-refractivity contribution in [1.82, 2.24) is 15.3 Å². The lowest BCUT2D eigenvalue weighted by atomic mass is 10.2. The number of anilines is 2. The van der Waals surface area contributed by atoms with E-state index in [1.54, 1.807) is 14.2 Å². The molecule has 1 heterocycles. The highest BCUT2D eigenvalue weighted by Crippen LogP contribution is 2.17. The molecule has 0 aliphatic heterocycles. The van der Waals surface area contributed by atoms with Crippen LogP contribution in [0, 0.1) is 0 Å². The molecule has 0 saturated carbocycles. The minimum Gasteiger partial charge on any atom is -0.497 e. The second-order valence-electron chi connectivity index (χ2n) is 5.68. The molecule has 0 bridgehead atoms. The molecule has 0 unspecified atom stereocenters. The topological polar surface area (TPSA) is 85.4 Å². The Morgan fingerprint density at radius 2 is 1.44 bits per heavy atom. The Kier molecular flexibility index (Phi) is 5.84. The molecule has 7 nitrogen and oxygen atoms in total. The van der Waals surface area contributed by atoms with Gasteiger partial charge in [-0.1, -0.05) is 12.1 Å². The van der Waals surface area contributed by atoms with Crippen molar-refractivity contribution in [2.24, 2.45) is 0 Å². The Morgan fingerprint density at radius 3 is 2.00 bits per heavy atom. The smallest absolute Gasteiger partial charge is 0.254 e. The van der Waals surface area contributed by atoms with E-state index in [1.165, 1.54) is 12.4 Å². The predicted molar refractivity (Wildman–Crippen MR) is 102 cm³/mol. The number of amides is 1. The molecule has 3 aromatic rings. The van der Waals surface area contributed by atoms with Crippen molar-refractivity contribution in [3.05, 3.63) is 72.1 Å². The van der Waals surface area contributed by atoms with Gasteiger partial charge in [0.2, 0.25) is 5.95 Å². The zero-order valence-corrected chi connectivity index (χ0v) is 15.1. The Morgan fingerprint density at radius 1 is 0.889 bits per heavy atom. The lowest BCUT2D eigenvalue weighted by molar-refractivity contribution is 0.0950. The SMILES string of the molecule is COc1ccc(CNC(=O)c2cnc(Nc3ccc(OC)cc3)nc2)cc1. The first-order chi connectivity index (χ1) is 13.2. The van der Waals surface area contributed by atoms with Gasteiger partial charge < -0.3 is 20.1 Å². The predicted octanol–water partition coefficient (Wildman–Crippen LogP) is 3.17. The maximum absolute atomic E-state index is 12.2. The molecule has 0 atom stereocenters. The first-order valence-electron chi connectivity index (χ1n) is 8.32.